The fourth-order valence-corrected chi connectivity index (χ4v) is 2.08. The van der Waals surface area contributed by atoms with E-state index < -0.39 is 5.97 Å². The molecule has 5 nitrogen and oxygen atoms in total. The highest BCUT2D eigenvalue weighted by Crippen LogP contribution is 2.08. The second-order valence-corrected chi connectivity index (χ2v) is 4.11. The van der Waals surface area contributed by atoms with Crippen molar-refractivity contribution < 1.29 is 9.90 Å². The predicted molar refractivity (Wildman–Crippen MR) is 60.0 cm³/mol. The highest BCUT2D eigenvalue weighted by molar-refractivity contribution is 5.69. The second kappa shape index (κ2) is 6.46. The summed E-state index contributed by atoms with van der Waals surface area (Å²) in [5.74, 6) is -0.777. The van der Waals surface area contributed by atoms with Crippen LogP contribution in [-0.4, -0.2) is 59.6 Å². The Morgan fingerprint density at radius 2 is 2.19 bits per heavy atom. The van der Waals surface area contributed by atoms with Gasteiger partial charge in [0.2, 0.25) is 0 Å². The van der Waals surface area contributed by atoms with Gasteiger partial charge in [0, 0.05) is 26.2 Å². The maximum atomic E-state index is 10.6. The summed E-state index contributed by atoms with van der Waals surface area (Å²) in [5.41, 5.74) is 0. The molecule has 1 aliphatic heterocycles. The Labute approximate surface area is 96.3 Å². The van der Waals surface area contributed by atoms with E-state index in [1.165, 1.54) is 0 Å². The van der Waals surface area contributed by atoms with E-state index in [1.54, 1.807) is 0 Å². The third-order valence-electron chi connectivity index (χ3n) is 2.96. The summed E-state index contributed by atoms with van der Waals surface area (Å²) in [5, 5.41) is 17.7. The Morgan fingerprint density at radius 3 is 2.75 bits per heavy atom. The molecular weight excluding hydrogens is 206 g/mol. The number of carbonyl (C=O) groups is 1. The molecule has 0 aromatic rings. The molecule has 1 heterocycles. The standard InChI is InChI=1S/C11H19N3O2/c1-2-10(8-12)14-5-3-4-13(6-7-14)9-11(15)16/h10H,2-7,9H2,1H3,(H,15,16). The molecular formula is C11H19N3O2. The van der Waals surface area contributed by atoms with Crippen molar-refractivity contribution in [3.8, 4) is 6.07 Å². The van der Waals surface area contributed by atoms with E-state index in [9.17, 15) is 4.79 Å². The van der Waals surface area contributed by atoms with Crippen molar-refractivity contribution in [3.63, 3.8) is 0 Å². The number of carboxylic acid groups (broad SMARTS) is 1. The number of aliphatic carboxylic acids is 1. The van der Waals surface area contributed by atoms with Crippen molar-refractivity contribution in [2.75, 3.05) is 32.7 Å². The highest BCUT2D eigenvalue weighted by atomic mass is 16.4. The molecule has 1 unspecified atom stereocenters. The lowest BCUT2D eigenvalue weighted by molar-refractivity contribution is -0.138. The first-order chi connectivity index (χ1) is 7.67. The number of carboxylic acids is 1. The molecule has 0 aromatic carbocycles. The number of hydrogen-bond donors (Lipinski definition) is 1. The van der Waals surface area contributed by atoms with Gasteiger partial charge in [-0.3, -0.25) is 14.6 Å². The molecule has 0 bridgehead atoms. The van der Waals surface area contributed by atoms with Crippen molar-refractivity contribution in [3.05, 3.63) is 0 Å². The normalized spacial score (nSPS) is 21.0. The first-order valence-electron chi connectivity index (χ1n) is 5.75. The van der Waals surface area contributed by atoms with Crippen molar-refractivity contribution in [2.45, 2.75) is 25.8 Å². The molecule has 1 N–H and O–H groups in total. The predicted octanol–water partition coefficient (Wildman–Crippen LogP) is 0.381. The average Bonchev–Trinajstić information content (AvgIpc) is 2.45. The molecule has 0 spiro atoms. The molecule has 0 radical (unpaired) electrons. The summed E-state index contributed by atoms with van der Waals surface area (Å²) in [6.07, 6.45) is 1.76. The first kappa shape index (κ1) is 12.9. The Balaban J connectivity index is 2.46. The van der Waals surface area contributed by atoms with Crippen LogP contribution in [0.15, 0.2) is 0 Å². The minimum Gasteiger partial charge on any atom is -0.480 e. The topological polar surface area (TPSA) is 67.6 Å². The van der Waals surface area contributed by atoms with Gasteiger partial charge in [-0.15, -0.1) is 0 Å². The van der Waals surface area contributed by atoms with Gasteiger partial charge in [0.15, 0.2) is 0 Å². The zero-order valence-corrected chi connectivity index (χ0v) is 9.72. The lowest BCUT2D eigenvalue weighted by Gasteiger charge is -2.24. The van der Waals surface area contributed by atoms with Gasteiger partial charge in [0.25, 0.3) is 0 Å². The fraction of sp³-hybridized carbons (Fsp3) is 0.818. The molecule has 1 fully saturated rings. The van der Waals surface area contributed by atoms with E-state index >= 15 is 0 Å². The van der Waals surface area contributed by atoms with E-state index in [4.69, 9.17) is 10.4 Å². The van der Waals surface area contributed by atoms with Crippen molar-refractivity contribution in [2.24, 2.45) is 0 Å². The number of nitrogens with zero attached hydrogens (tertiary/aromatic N) is 3. The molecule has 1 aliphatic rings. The van der Waals surface area contributed by atoms with Crippen LogP contribution in [-0.2, 0) is 4.79 Å². The molecule has 1 saturated heterocycles. The summed E-state index contributed by atoms with van der Waals surface area (Å²) in [6.45, 7) is 5.35. The van der Waals surface area contributed by atoms with Gasteiger partial charge in [0.1, 0.15) is 0 Å². The number of rotatable bonds is 4. The van der Waals surface area contributed by atoms with Crippen LogP contribution < -0.4 is 0 Å². The van der Waals surface area contributed by atoms with Crippen LogP contribution in [0.3, 0.4) is 0 Å². The number of nitriles is 1. The molecule has 0 aliphatic carbocycles. The Morgan fingerprint density at radius 1 is 1.44 bits per heavy atom. The van der Waals surface area contributed by atoms with Crippen LogP contribution in [0, 0.1) is 11.3 Å². The van der Waals surface area contributed by atoms with Crippen LogP contribution in [0.4, 0.5) is 0 Å². The first-order valence-corrected chi connectivity index (χ1v) is 5.75. The Kier molecular flexibility index (Phi) is 5.23. The zero-order chi connectivity index (χ0) is 12.0. The van der Waals surface area contributed by atoms with Crippen molar-refractivity contribution in [1.82, 2.24) is 9.80 Å². The van der Waals surface area contributed by atoms with Crippen LogP contribution >= 0.6 is 0 Å². The minimum atomic E-state index is -0.777. The quantitative estimate of drug-likeness (QED) is 0.749. The molecule has 1 atom stereocenters. The van der Waals surface area contributed by atoms with Crippen molar-refractivity contribution >= 4 is 5.97 Å². The maximum absolute atomic E-state index is 10.6. The van der Waals surface area contributed by atoms with Gasteiger partial charge in [-0.1, -0.05) is 6.92 Å². The van der Waals surface area contributed by atoms with Crippen LogP contribution in [0.25, 0.3) is 0 Å². The minimum absolute atomic E-state index is 0.0234. The number of hydrogen-bond acceptors (Lipinski definition) is 4. The fourth-order valence-electron chi connectivity index (χ4n) is 2.08. The summed E-state index contributed by atoms with van der Waals surface area (Å²) in [7, 11) is 0. The van der Waals surface area contributed by atoms with Gasteiger partial charge in [-0.05, 0) is 12.8 Å². The Bertz CT molecular complexity index is 275. The molecule has 1 rings (SSSR count). The Hall–Kier alpha value is -1.12. The molecule has 16 heavy (non-hydrogen) atoms. The zero-order valence-electron chi connectivity index (χ0n) is 9.72. The molecule has 0 amide bonds. The average molecular weight is 225 g/mol. The second-order valence-electron chi connectivity index (χ2n) is 4.11. The summed E-state index contributed by atoms with van der Waals surface area (Å²) >= 11 is 0. The SMILES string of the molecule is CCC(C#N)N1CCCN(CC(=O)O)CC1. The maximum Gasteiger partial charge on any atom is 0.317 e. The molecule has 0 aromatic heterocycles. The van der Waals surface area contributed by atoms with E-state index in [-0.39, 0.29) is 12.6 Å². The summed E-state index contributed by atoms with van der Waals surface area (Å²) < 4.78 is 0. The van der Waals surface area contributed by atoms with Gasteiger partial charge in [-0.2, -0.15) is 5.26 Å². The van der Waals surface area contributed by atoms with Crippen LogP contribution in [0.1, 0.15) is 19.8 Å². The van der Waals surface area contributed by atoms with E-state index in [2.05, 4.69) is 11.0 Å². The third-order valence-corrected chi connectivity index (χ3v) is 2.96. The smallest absolute Gasteiger partial charge is 0.317 e. The molecule has 90 valence electrons. The molecule has 0 saturated carbocycles. The monoisotopic (exact) mass is 225 g/mol. The van der Waals surface area contributed by atoms with Gasteiger partial charge < -0.3 is 5.11 Å². The van der Waals surface area contributed by atoms with E-state index in [0.717, 1.165) is 39.0 Å². The van der Waals surface area contributed by atoms with Crippen LogP contribution in [0.5, 0.6) is 0 Å². The summed E-state index contributed by atoms with van der Waals surface area (Å²) in [4.78, 5) is 14.7. The summed E-state index contributed by atoms with van der Waals surface area (Å²) in [6, 6.07) is 2.27. The van der Waals surface area contributed by atoms with Gasteiger partial charge in [0.05, 0.1) is 18.7 Å². The van der Waals surface area contributed by atoms with Gasteiger partial charge >= 0.3 is 5.97 Å². The third kappa shape index (κ3) is 3.80. The lowest BCUT2D eigenvalue weighted by atomic mass is 10.2. The highest BCUT2D eigenvalue weighted by Gasteiger charge is 2.21. The van der Waals surface area contributed by atoms with E-state index in [1.807, 2.05) is 11.8 Å². The van der Waals surface area contributed by atoms with Crippen LogP contribution in [0.2, 0.25) is 0 Å². The van der Waals surface area contributed by atoms with E-state index in [0.29, 0.717) is 0 Å². The largest absolute Gasteiger partial charge is 0.480 e. The lowest BCUT2D eigenvalue weighted by Crippen LogP contribution is -2.38. The van der Waals surface area contributed by atoms with Gasteiger partial charge in [-0.25, -0.2) is 0 Å². The van der Waals surface area contributed by atoms with Crippen molar-refractivity contribution in [1.29, 1.82) is 5.26 Å². The molecule has 5 heteroatoms.